The van der Waals surface area contributed by atoms with E-state index in [4.69, 9.17) is 9.47 Å². The molecule has 0 bridgehead atoms. The van der Waals surface area contributed by atoms with E-state index in [1.807, 2.05) is 24.3 Å². The second kappa shape index (κ2) is 7.09. The maximum absolute atomic E-state index is 11.8. The maximum Gasteiger partial charge on any atom is 0.271 e. The summed E-state index contributed by atoms with van der Waals surface area (Å²) >= 11 is 0. The smallest absolute Gasteiger partial charge is 0.271 e. The molecule has 0 saturated carbocycles. The van der Waals surface area contributed by atoms with Crippen LogP contribution in [0, 0.1) is 0 Å². The van der Waals surface area contributed by atoms with Crippen molar-refractivity contribution in [2.75, 3.05) is 14.2 Å². The van der Waals surface area contributed by atoms with E-state index >= 15 is 0 Å². The topological polar surface area (TPSA) is 59.9 Å². The molecule has 108 valence electrons. The lowest BCUT2D eigenvalue weighted by Gasteiger charge is -2.02. The zero-order valence-corrected chi connectivity index (χ0v) is 11.9. The zero-order chi connectivity index (χ0) is 15.1. The van der Waals surface area contributed by atoms with Crippen molar-refractivity contribution in [3.05, 3.63) is 59.7 Å². The molecule has 0 heterocycles. The van der Waals surface area contributed by atoms with Gasteiger partial charge in [-0.2, -0.15) is 5.10 Å². The molecule has 1 amide bonds. The Morgan fingerprint density at radius 2 is 1.48 bits per heavy atom. The second-order valence-electron chi connectivity index (χ2n) is 4.20. The van der Waals surface area contributed by atoms with E-state index in [0.29, 0.717) is 11.3 Å². The SMILES string of the molecule is COc1ccc(/C=N/NC(=O)c2ccc(OC)cc2)cc1. The predicted octanol–water partition coefficient (Wildman–Crippen LogP) is 2.47. The van der Waals surface area contributed by atoms with E-state index < -0.39 is 0 Å². The number of methoxy groups -OCH3 is 2. The van der Waals surface area contributed by atoms with Crippen LogP contribution >= 0.6 is 0 Å². The lowest BCUT2D eigenvalue weighted by Crippen LogP contribution is -2.17. The highest BCUT2D eigenvalue weighted by molar-refractivity contribution is 5.95. The van der Waals surface area contributed by atoms with Gasteiger partial charge in [0.15, 0.2) is 0 Å². The minimum absolute atomic E-state index is 0.276. The van der Waals surface area contributed by atoms with E-state index in [0.717, 1.165) is 11.3 Å². The first-order valence-corrected chi connectivity index (χ1v) is 6.34. The average Bonchev–Trinajstić information content (AvgIpc) is 2.55. The maximum atomic E-state index is 11.8. The van der Waals surface area contributed by atoms with Crippen LogP contribution in [0.3, 0.4) is 0 Å². The number of carbonyl (C=O) groups is 1. The Hall–Kier alpha value is -2.82. The Bertz CT molecular complexity index is 619. The number of nitrogens with one attached hydrogen (secondary N) is 1. The minimum atomic E-state index is -0.276. The third-order valence-corrected chi connectivity index (χ3v) is 2.85. The van der Waals surface area contributed by atoms with Crippen molar-refractivity contribution in [3.63, 3.8) is 0 Å². The molecule has 0 radical (unpaired) electrons. The summed E-state index contributed by atoms with van der Waals surface area (Å²) in [7, 11) is 3.19. The molecule has 0 saturated heterocycles. The van der Waals surface area contributed by atoms with Crippen molar-refractivity contribution in [2.45, 2.75) is 0 Å². The minimum Gasteiger partial charge on any atom is -0.497 e. The van der Waals surface area contributed by atoms with Crippen LogP contribution in [0.1, 0.15) is 15.9 Å². The number of carbonyl (C=O) groups excluding carboxylic acids is 1. The molecule has 0 fully saturated rings. The number of hydrogen-bond donors (Lipinski definition) is 1. The van der Waals surface area contributed by atoms with E-state index in [2.05, 4.69) is 10.5 Å². The first-order chi connectivity index (χ1) is 10.2. The van der Waals surface area contributed by atoms with Crippen LogP contribution in [-0.2, 0) is 0 Å². The summed E-state index contributed by atoms with van der Waals surface area (Å²) in [5, 5.41) is 3.92. The van der Waals surface area contributed by atoms with Crippen LogP contribution in [0.5, 0.6) is 11.5 Å². The number of ether oxygens (including phenoxy) is 2. The van der Waals surface area contributed by atoms with Crippen LogP contribution in [-0.4, -0.2) is 26.3 Å². The fourth-order valence-corrected chi connectivity index (χ4v) is 1.66. The Labute approximate surface area is 123 Å². The average molecular weight is 284 g/mol. The first-order valence-electron chi connectivity index (χ1n) is 6.34. The molecule has 0 unspecified atom stereocenters. The fraction of sp³-hybridized carbons (Fsp3) is 0.125. The normalized spacial score (nSPS) is 10.4. The molecule has 0 aliphatic rings. The number of nitrogens with zero attached hydrogens (tertiary/aromatic N) is 1. The number of hydrazone groups is 1. The van der Waals surface area contributed by atoms with Gasteiger partial charge in [-0.3, -0.25) is 4.79 Å². The van der Waals surface area contributed by atoms with Crippen molar-refractivity contribution < 1.29 is 14.3 Å². The first kappa shape index (κ1) is 14.6. The summed E-state index contributed by atoms with van der Waals surface area (Å²) in [6.45, 7) is 0. The van der Waals surface area contributed by atoms with Gasteiger partial charge >= 0.3 is 0 Å². The Morgan fingerprint density at radius 1 is 0.952 bits per heavy atom. The monoisotopic (exact) mass is 284 g/mol. The van der Waals surface area contributed by atoms with Crippen molar-refractivity contribution >= 4 is 12.1 Å². The predicted molar refractivity (Wildman–Crippen MR) is 81.0 cm³/mol. The molecule has 1 N–H and O–H groups in total. The molecule has 0 atom stereocenters. The van der Waals surface area contributed by atoms with Crippen molar-refractivity contribution in [1.29, 1.82) is 0 Å². The number of rotatable bonds is 5. The highest BCUT2D eigenvalue weighted by Crippen LogP contribution is 2.11. The quantitative estimate of drug-likeness (QED) is 0.677. The number of hydrogen-bond acceptors (Lipinski definition) is 4. The van der Waals surface area contributed by atoms with Gasteiger partial charge in [0.1, 0.15) is 11.5 Å². The van der Waals surface area contributed by atoms with E-state index in [1.54, 1.807) is 44.7 Å². The van der Waals surface area contributed by atoms with Gasteiger partial charge in [-0.15, -0.1) is 0 Å². The molecular weight excluding hydrogens is 268 g/mol. The molecule has 2 rings (SSSR count). The Kier molecular flexibility index (Phi) is 4.93. The van der Waals surface area contributed by atoms with Gasteiger partial charge in [0.05, 0.1) is 20.4 Å². The molecule has 2 aromatic carbocycles. The van der Waals surface area contributed by atoms with Gasteiger partial charge in [-0.25, -0.2) is 5.43 Å². The summed E-state index contributed by atoms with van der Waals surface area (Å²) < 4.78 is 10.1. The highest BCUT2D eigenvalue weighted by Gasteiger charge is 2.03. The van der Waals surface area contributed by atoms with Gasteiger partial charge < -0.3 is 9.47 Å². The van der Waals surface area contributed by atoms with Gasteiger partial charge in [-0.1, -0.05) is 0 Å². The molecule has 21 heavy (non-hydrogen) atoms. The standard InChI is InChI=1S/C16H16N2O3/c1-20-14-7-3-12(4-8-14)11-17-18-16(19)13-5-9-15(21-2)10-6-13/h3-11H,1-2H3,(H,18,19)/b17-11+. The molecule has 5 nitrogen and oxygen atoms in total. The van der Waals surface area contributed by atoms with Gasteiger partial charge in [0.2, 0.25) is 0 Å². The highest BCUT2D eigenvalue weighted by atomic mass is 16.5. The summed E-state index contributed by atoms with van der Waals surface area (Å²) in [6, 6.07) is 14.2. The van der Waals surface area contributed by atoms with Crippen LogP contribution in [0.15, 0.2) is 53.6 Å². The Balaban J connectivity index is 1.94. The molecule has 0 aliphatic carbocycles. The second-order valence-corrected chi connectivity index (χ2v) is 4.20. The largest absolute Gasteiger partial charge is 0.497 e. The zero-order valence-electron chi connectivity index (χ0n) is 11.9. The van der Waals surface area contributed by atoms with Crippen LogP contribution < -0.4 is 14.9 Å². The van der Waals surface area contributed by atoms with E-state index in [-0.39, 0.29) is 5.91 Å². The lowest BCUT2D eigenvalue weighted by molar-refractivity contribution is 0.0955. The van der Waals surface area contributed by atoms with Crippen molar-refractivity contribution in [1.82, 2.24) is 5.43 Å². The third kappa shape index (κ3) is 4.07. The number of benzene rings is 2. The van der Waals surface area contributed by atoms with Crippen molar-refractivity contribution in [2.24, 2.45) is 5.10 Å². The Morgan fingerprint density at radius 3 is 2.00 bits per heavy atom. The van der Waals surface area contributed by atoms with E-state index in [9.17, 15) is 4.79 Å². The van der Waals surface area contributed by atoms with Gasteiger partial charge in [-0.05, 0) is 54.1 Å². The van der Waals surface area contributed by atoms with Crippen molar-refractivity contribution in [3.8, 4) is 11.5 Å². The fourth-order valence-electron chi connectivity index (χ4n) is 1.66. The summed E-state index contributed by atoms with van der Waals surface area (Å²) in [5.41, 5.74) is 3.85. The molecule has 2 aromatic rings. The number of amides is 1. The van der Waals surface area contributed by atoms with Gasteiger partial charge in [0, 0.05) is 5.56 Å². The molecular formula is C16H16N2O3. The molecule has 5 heteroatoms. The van der Waals surface area contributed by atoms with Crippen LogP contribution in [0.2, 0.25) is 0 Å². The third-order valence-electron chi connectivity index (χ3n) is 2.85. The molecule has 0 aromatic heterocycles. The molecule has 0 spiro atoms. The van der Waals surface area contributed by atoms with Gasteiger partial charge in [0.25, 0.3) is 5.91 Å². The van der Waals surface area contributed by atoms with E-state index in [1.165, 1.54) is 0 Å². The van der Waals surface area contributed by atoms with Crippen LogP contribution in [0.25, 0.3) is 0 Å². The lowest BCUT2D eigenvalue weighted by atomic mass is 10.2. The summed E-state index contributed by atoms with van der Waals surface area (Å²) in [5.74, 6) is 1.20. The van der Waals surface area contributed by atoms with Crippen LogP contribution in [0.4, 0.5) is 0 Å². The molecule has 0 aliphatic heterocycles. The summed E-state index contributed by atoms with van der Waals surface area (Å²) in [6.07, 6.45) is 1.57. The summed E-state index contributed by atoms with van der Waals surface area (Å²) in [4.78, 5) is 11.8.